The maximum absolute atomic E-state index is 12.6. The van der Waals surface area contributed by atoms with E-state index in [4.69, 9.17) is 0 Å². The number of aliphatic hydroxyl groups excluding tert-OH is 1. The maximum Gasteiger partial charge on any atom is 0.253 e. The Morgan fingerprint density at radius 3 is 2.87 bits per heavy atom. The molecule has 124 valence electrons. The minimum absolute atomic E-state index is 0.0653. The minimum Gasteiger partial charge on any atom is -0.394 e. The third-order valence-corrected chi connectivity index (χ3v) is 4.94. The molecule has 2 aromatic rings. The quantitative estimate of drug-likeness (QED) is 0.889. The number of aliphatic hydroxyl groups is 1. The zero-order valence-corrected chi connectivity index (χ0v) is 13.6. The summed E-state index contributed by atoms with van der Waals surface area (Å²) in [7, 11) is 1.76. The molecule has 0 bridgehead atoms. The summed E-state index contributed by atoms with van der Waals surface area (Å²) in [6.45, 7) is 1.86. The summed E-state index contributed by atoms with van der Waals surface area (Å²) in [5, 5.41) is 20.8. The molecule has 0 aromatic carbocycles. The van der Waals surface area contributed by atoms with Gasteiger partial charge in [0.05, 0.1) is 17.7 Å². The van der Waals surface area contributed by atoms with Crippen LogP contribution in [0.1, 0.15) is 49.4 Å². The van der Waals surface area contributed by atoms with Gasteiger partial charge in [-0.05, 0) is 31.7 Å². The number of hydrogen-bond acceptors (Lipinski definition) is 5. The van der Waals surface area contributed by atoms with Gasteiger partial charge in [0.25, 0.3) is 5.91 Å². The number of aryl methyl sites for hydroxylation is 1. The molecular formula is C16H23N5O2. The van der Waals surface area contributed by atoms with Gasteiger partial charge in [-0.3, -0.25) is 4.79 Å². The van der Waals surface area contributed by atoms with Crippen LogP contribution in [0.2, 0.25) is 0 Å². The largest absolute Gasteiger partial charge is 0.394 e. The molecule has 7 nitrogen and oxygen atoms in total. The lowest BCUT2D eigenvalue weighted by molar-refractivity contribution is 0.0679. The van der Waals surface area contributed by atoms with Crippen molar-refractivity contribution in [3.05, 3.63) is 17.8 Å². The molecule has 1 unspecified atom stereocenters. The number of fused-ring (bicyclic) bond motifs is 1. The van der Waals surface area contributed by atoms with E-state index >= 15 is 0 Å². The molecule has 1 atom stereocenters. The van der Waals surface area contributed by atoms with Crippen LogP contribution in [0.3, 0.4) is 0 Å². The van der Waals surface area contributed by atoms with E-state index in [1.807, 2.05) is 6.92 Å². The van der Waals surface area contributed by atoms with E-state index < -0.39 is 5.54 Å². The van der Waals surface area contributed by atoms with Gasteiger partial charge in [0.15, 0.2) is 5.65 Å². The first-order valence-electron chi connectivity index (χ1n) is 8.12. The molecule has 23 heavy (non-hydrogen) atoms. The summed E-state index contributed by atoms with van der Waals surface area (Å²) in [5.74, 6) is 0.0746. The second-order valence-corrected chi connectivity index (χ2v) is 6.64. The maximum atomic E-state index is 12.6. The predicted molar refractivity (Wildman–Crippen MR) is 85.8 cm³/mol. The van der Waals surface area contributed by atoms with E-state index in [-0.39, 0.29) is 12.5 Å². The Balaban J connectivity index is 1.80. The number of carbonyl (C=O) groups is 1. The van der Waals surface area contributed by atoms with Crippen molar-refractivity contribution in [3.8, 4) is 0 Å². The Kier molecular flexibility index (Phi) is 4.30. The summed E-state index contributed by atoms with van der Waals surface area (Å²) in [4.78, 5) is 16.8. The first kappa shape index (κ1) is 15.9. The van der Waals surface area contributed by atoms with Crippen LogP contribution in [-0.4, -0.2) is 43.1 Å². The zero-order chi connectivity index (χ0) is 16.4. The molecule has 1 fully saturated rings. The van der Waals surface area contributed by atoms with Gasteiger partial charge in [-0.1, -0.05) is 24.5 Å². The fourth-order valence-electron chi connectivity index (χ4n) is 3.39. The zero-order valence-electron chi connectivity index (χ0n) is 13.6. The molecule has 1 amide bonds. The highest BCUT2D eigenvalue weighted by molar-refractivity contribution is 5.96. The van der Waals surface area contributed by atoms with Crippen molar-refractivity contribution in [2.45, 2.75) is 44.6 Å². The molecule has 1 aliphatic carbocycles. The first-order chi connectivity index (χ1) is 11.0. The Labute approximate surface area is 135 Å². The monoisotopic (exact) mass is 317 g/mol. The van der Waals surface area contributed by atoms with Gasteiger partial charge < -0.3 is 10.4 Å². The highest BCUT2D eigenvalue weighted by Gasteiger charge is 2.36. The van der Waals surface area contributed by atoms with E-state index in [9.17, 15) is 9.90 Å². The van der Waals surface area contributed by atoms with Crippen molar-refractivity contribution in [1.82, 2.24) is 25.3 Å². The average molecular weight is 317 g/mol. The number of rotatable bonds is 4. The highest BCUT2D eigenvalue weighted by atomic mass is 16.3. The van der Waals surface area contributed by atoms with Gasteiger partial charge in [-0.25, -0.2) is 9.67 Å². The Morgan fingerprint density at radius 1 is 1.43 bits per heavy atom. The van der Waals surface area contributed by atoms with E-state index in [0.29, 0.717) is 22.6 Å². The third kappa shape index (κ3) is 3.06. The SMILES string of the molecule is Cn1nnc2cc(C(=O)NC(C)(CO)C3CCCCC3)cnc21. The van der Waals surface area contributed by atoms with Crippen LogP contribution in [0, 0.1) is 5.92 Å². The fourth-order valence-corrected chi connectivity index (χ4v) is 3.39. The second kappa shape index (κ2) is 6.23. The summed E-state index contributed by atoms with van der Waals surface area (Å²) >= 11 is 0. The lowest BCUT2D eigenvalue weighted by Crippen LogP contribution is -2.54. The number of pyridine rings is 1. The van der Waals surface area contributed by atoms with E-state index in [0.717, 1.165) is 25.7 Å². The molecule has 1 saturated carbocycles. The number of hydrogen-bond donors (Lipinski definition) is 2. The molecule has 0 radical (unpaired) electrons. The molecule has 7 heteroatoms. The summed E-state index contributed by atoms with van der Waals surface area (Å²) < 4.78 is 1.57. The molecule has 0 aliphatic heterocycles. The lowest BCUT2D eigenvalue weighted by Gasteiger charge is -2.39. The van der Waals surface area contributed by atoms with Gasteiger partial charge in [0.2, 0.25) is 0 Å². The molecule has 1 aliphatic rings. The van der Waals surface area contributed by atoms with Crippen LogP contribution in [0.15, 0.2) is 12.3 Å². The molecule has 2 aromatic heterocycles. The van der Waals surface area contributed by atoms with E-state index in [1.54, 1.807) is 17.8 Å². The van der Waals surface area contributed by atoms with Crippen LogP contribution in [-0.2, 0) is 7.05 Å². The molecule has 2 heterocycles. The van der Waals surface area contributed by atoms with Crippen LogP contribution in [0.5, 0.6) is 0 Å². The molecule has 0 spiro atoms. The predicted octanol–water partition coefficient (Wildman–Crippen LogP) is 1.42. The Morgan fingerprint density at radius 2 is 2.17 bits per heavy atom. The van der Waals surface area contributed by atoms with Crippen LogP contribution >= 0.6 is 0 Å². The van der Waals surface area contributed by atoms with Crippen LogP contribution in [0.4, 0.5) is 0 Å². The third-order valence-electron chi connectivity index (χ3n) is 4.94. The molecule has 0 saturated heterocycles. The van der Waals surface area contributed by atoms with Crippen molar-refractivity contribution in [2.24, 2.45) is 13.0 Å². The molecule has 3 rings (SSSR count). The van der Waals surface area contributed by atoms with Crippen LogP contribution in [0.25, 0.3) is 11.2 Å². The molecular weight excluding hydrogens is 294 g/mol. The Bertz CT molecular complexity index is 708. The minimum atomic E-state index is -0.602. The van der Waals surface area contributed by atoms with Crippen molar-refractivity contribution >= 4 is 17.1 Å². The van der Waals surface area contributed by atoms with E-state index in [2.05, 4.69) is 20.6 Å². The highest BCUT2D eigenvalue weighted by Crippen LogP contribution is 2.32. The summed E-state index contributed by atoms with van der Waals surface area (Å²) in [6, 6.07) is 1.68. The van der Waals surface area contributed by atoms with Gasteiger partial charge in [0, 0.05) is 13.2 Å². The molecule has 2 N–H and O–H groups in total. The number of carbonyl (C=O) groups excluding carboxylic acids is 1. The second-order valence-electron chi connectivity index (χ2n) is 6.64. The number of amides is 1. The normalized spacial score (nSPS) is 18.7. The van der Waals surface area contributed by atoms with Gasteiger partial charge in [0.1, 0.15) is 5.52 Å². The summed E-state index contributed by atoms with van der Waals surface area (Å²) in [5.41, 5.74) is 1.06. The Hall–Kier alpha value is -2.02. The van der Waals surface area contributed by atoms with Gasteiger partial charge in [-0.15, -0.1) is 5.10 Å². The van der Waals surface area contributed by atoms with Crippen molar-refractivity contribution in [1.29, 1.82) is 0 Å². The lowest BCUT2D eigenvalue weighted by atomic mass is 9.76. The van der Waals surface area contributed by atoms with Crippen molar-refractivity contribution < 1.29 is 9.90 Å². The van der Waals surface area contributed by atoms with Crippen LogP contribution < -0.4 is 5.32 Å². The number of nitrogens with one attached hydrogen (secondary N) is 1. The first-order valence-corrected chi connectivity index (χ1v) is 8.12. The standard InChI is InChI=1S/C16H23N5O2/c1-16(10-22,12-6-4-3-5-7-12)18-15(23)11-8-13-14(17-9-11)21(2)20-19-13/h8-9,12,22H,3-7,10H2,1-2H3,(H,18,23). The number of aromatic nitrogens is 4. The topological polar surface area (TPSA) is 92.9 Å². The van der Waals surface area contributed by atoms with Crippen molar-refractivity contribution in [2.75, 3.05) is 6.61 Å². The number of nitrogens with zero attached hydrogens (tertiary/aromatic N) is 4. The smallest absolute Gasteiger partial charge is 0.253 e. The fraction of sp³-hybridized carbons (Fsp3) is 0.625. The van der Waals surface area contributed by atoms with Crippen molar-refractivity contribution in [3.63, 3.8) is 0 Å². The van der Waals surface area contributed by atoms with Gasteiger partial charge >= 0.3 is 0 Å². The van der Waals surface area contributed by atoms with E-state index in [1.165, 1.54) is 12.6 Å². The summed E-state index contributed by atoms with van der Waals surface area (Å²) in [6.07, 6.45) is 7.16. The van der Waals surface area contributed by atoms with Gasteiger partial charge in [-0.2, -0.15) is 0 Å². The average Bonchev–Trinajstić information content (AvgIpc) is 2.96.